The van der Waals surface area contributed by atoms with Crippen LogP contribution in [-0.4, -0.2) is 0 Å². The molecule has 0 heterocycles. The first-order valence-corrected chi connectivity index (χ1v) is 4.91. The molecule has 0 amide bonds. The van der Waals surface area contributed by atoms with E-state index in [1.165, 1.54) is 24.0 Å². The molecular weight excluding hydrogens is 170 g/mol. The molecule has 0 spiro atoms. The second-order valence-electron chi connectivity index (χ2n) is 3.51. The SMILES string of the molecule is N#CC1=CC/C(=C/C2=CCC[CH+]2)C=C1. The molecule has 2 aliphatic rings. The van der Waals surface area contributed by atoms with Gasteiger partial charge in [-0.05, 0) is 12.2 Å². The highest BCUT2D eigenvalue weighted by Gasteiger charge is 2.12. The van der Waals surface area contributed by atoms with Crippen molar-refractivity contribution in [2.24, 2.45) is 0 Å². The number of nitrogens with zero attached hydrogens (tertiary/aromatic N) is 1. The van der Waals surface area contributed by atoms with E-state index >= 15 is 0 Å². The Hall–Kier alpha value is -1.68. The van der Waals surface area contributed by atoms with Crippen molar-refractivity contribution in [3.05, 3.63) is 53.5 Å². The van der Waals surface area contributed by atoms with Crippen LogP contribution in [0.2, 0.25) is 0 Å². The molecule has 1 heteroatoms. The molecule has 0 unspecified atom stereocenters. The molecule has 0 saturated heterocycles. The van der Waals surface area contributed by atoms with Gasteiger partial charge in [0, 0.05) is 49.0 Å². The summed E-state index contributed by atoms with van der Waals surface area (Å²) in [6.45, 7) is 0. The molecular formula is C13H12N+. The van der Waals surface area contributed by atoms with E-state index in [1.54, 1.807) is 0 Å². The molecule has 0 fully saturated rings. The van der Waals surface area contributed by atoms with Gasteiger partial charge in [0.05, 0.1) is 6.07 Å². The molecule has 1 nitrogen and oxygen atoms in total. The maximum atomic E-state index is 8.65. The van der Waals surface area contributed by atoms with Crippen LogP contribution in [0.3, 0.4) is 0 Å². The highest BCUT2D eigenvalue weighted by Crippen LogP contribution is 2.22. The molecule has 0 aromatic rings. The minimum Gasteiger partial charge on any atom is -0.192 e. The Kier molecular flexibility index (Phi) is 2.55. The van der Waals surface area contributed by atoms with E-state index in [2.05, 4.69) is 24.6 Å². The van der Waals surface area contributed by atoms with Crippen molar-refractivity contribution in [1.82, 2.24) is 0 Å². The zero-order valence-electron chi connectivity index (χ0n) is 8.03. The summed E-state index contributed by atoms with van der Waals surface area (Å²) < 4.78 is 0. The number of hydrogen-bond donors (Lipinski definition) is 0. The normalized spacial score (nSPS) is 22.6. The van der Waals surface area contributed by atoms with E-state index in [0.29, 0.717) is 0 Å². The third kappa shape index (κ3) is 1.97. The van der Waals surface area contributed by atoms with Gasteiger partial charge in [-0.2, -0.15) is 5.26 Å². The van der Waals surface area contributed by atoms with E-state index in [0.717, 1.165) is 12.0 Å². The van der Waals surface area contributed by atoms with Gasteiger partial charge in [-0.3, -0.25) is 0 Å². The van der Waals surface area contributed by atoms with E-state index in [4.69, 9.17) is 5.26 Å². The van der Waals surface area contributed by atoms with E-state index in [1.807, 2.05) is 18.2 Å². The van der Waals surface area contributed by atoms with Crippen molar-refractivity contribution in [3.8, 4) is 6.07 Å². The second kappa shape index (κ2) is 4.02. The number of nitriles is 1. The van der Waals surface area contributed by atoms with Crippen LogP contribution in [-0.2, 0) is 0 Å². The number of rotatable bonds is 1. The lowest BCUT2D eigenvalue weighted by molar-refractivity contribution is 1.06. The zero-order chi connectivity index (χ0) is 9.80. The standard InChI is InChI=1S/C13H12N/c14-10-13-7-5-12(6-8-13)9-11-3-1-2-4-11/h3-5,7-9H,1-2,6H2/q+1/b12-9+. The summed E-state index contributed by atoms with van der Waals surface area (Å²) >= 11 is 0. The molecule has 0 aromatic carbocycles. The van der Waals surface area contributed by atoms with Crippen molar-refractivity contribution in [2.45, 2.75) is 19.3 Å². The lowest BCUT2D eigenvalue weighted by Gasteiger charge is -2.00. The van der Waals surface area contributed by atoms with Crippen LogP contribution in [0.1, 0.15) is 19.3 Å². The van der Waals surface area contributed by atoms with Crippen LogP contribution in [0.15, 0.2) is 47.1 Å². The Morgan fingerprint density at radius 1 is 1.36 bits per heavy atom. The van der Waals surface area contributed by atoms with Gasteiger partial charge in [-0.1, -0.05) is 6.08 Å². The van der Waals surface area contributed by atoms with Gasteiger partial charge in [-0.25, -0.2) is 0 Å². The molecule has 0 saturated carbocycles. The van der Waals surface area contributed by atoms with Crippen LogP contribution in [0.5, 0.6) is 0 Å². The fourth-order valence-electron chi connectivity index (χ4n) is 1.67. The average Bonchev–Trinajstić information content (AvgIpc) is 2.72. The van der Waals surface area contributed by atoms with Crippen molar-refractivity contribution in [1.29, 1.82) is 5.26 Å². The summed E-state index contributed by atoms with van der Waals surface area (Å²) in [6.07, 6.45) is 15.8. The predicted octanol–water partition coefficient (Wildman–Crippen LogP) is 3.25. The number of allylic oxidation sites excluding steroid dienone is 8. The third-order valence-electron chi connectivity index (χ3n) is 2.44. The maximum Gasteiger partial charge on any atom is 0.125 e. The van der Waals surface area contributed by atoms with Crippen LogP contribution in [0.25, 0.3) is 0 Å². The first-order chi connectivity index (χ1) is 6.88. The molecule has 0 atom stereocenters. The molecule has 0 radical (unpaired) electrons. The van der Waals surface area contributed by atoms with E-state index < -0.39 is 0 Å². The van der Waals surface area contributed by atoms with Gasteiger partial charge in [0.1, 0.15) is 5.57 Å². The van der Waals surface area contributed by atoms with Gasteiger partial charge in [0.2, 0.25) is 0 Å². The first-order valence-electron chi connectivity index (χ1n) is 4.91. The highest BCUT2D eigenvalue weighted by molar-refractivity contribution is 5.46. The van der Waals surface area contributed by atoms with Crippen LogP contribution >= 0.6 is 0 Å². The van der Waals surface area contributed by atoms with E-state index in [9.17, 15) is 0 Å². The Morgan fingerprint density at radius 3 is 2.86 bits per heavy atom. The number of hydrogen-bond acceptors (Lipinski definition) is 1. The summed E-state index contributed by atoms with van der Waals surface area (Å²) in [6, 6.07) is 2.14. The topological polar surface area (TPSA) is 23.8 Å². The quantitative estimate of drug-likeness (QED) is 0.571. The first kappa shape index (κ1) is 8.90. The largest absolute Gasteiger partial charge is 0.192 e. The van der Waals surface area contributed by atoms with Gasteiger partial charge in [-0.15, -0.1) is 0 Å². The van der Waals surface area contributed by atoms with Gasteiger partial charge in [0.25, 0.3) is 0 Å². The Bertz CT molecular complexity index is 386. The van der Waals surface area contributed by atoms with Gasteiger partial charge in [0.15, 0.2) is 0 Å². The second-order valence-corrected chi connectivity index (χ2v) is 3.51. The van der Waals surface area contributed by atoms with Crippen LogP contribution in [0, 0.1) is 17.8 Å². The molecule has 2 aliphatic carbocycles. The minimum absolute atomic E-state index is 0.770. The molecule has 0 N–H and O–H groups in total. The lowest BCUT2D eigenvalue weighted by Crippen LogP contribution is -1.86. The summed E-state index contributed by atoms with van der Waals surface area (Å²) in [4.78, 5) is 0. The summed E-state index contributed by atoms with van der Waals surface area (Å²) in [5.41, 5.74) is 3.39. The minimum atomic E-state index is 0.770. The molecule has 0 bridgehead atoms. The lowest BCUT2D eigenvalue weighted by atomic mass is 10.0. The fourth-order valence-corrected chi connectivity index (χ4v) is 1.67. The fraction of sp³-hybridized carbons (Fsp3) is 0.231. The van der Waals surface area contributed by atoms with Crippen LogP contribution in [0.4, 0.5) is 0 Å². The molecule has 14 heavy (non-hydrogen) atoms. The monoisotopic (exact) mass is 182 g/mol. The van der Waals surface area contributed by atoms with Crippen molar-refractivity contribution in [3.63, 3.8) is 0 Å². The smallest absolute Gasteiger partial charge is 0.125 e. The predicted molar refractivity (Wildman–Crippen MR) is 57.2 cm³/mol. The molecule has 0 aliphatic heterocycles. The Labute approximate surface area is 84.7 Å². The summed E-state index contributed by atoms with van der Waals surface area (Å²) in [5, 5.41) is 8.65. The van der Waals surface area contributed by atoms with Crippen molar-refractivity contribution >= 4 is 0 Å². The average molecular weight is 182 g/mol. The third-order valence-corrected chi connectivity index (χ3v) is 2.44. The van der Waals surface area contributed by atoms with E-state index in [-0.39, 0.29) is 0 Å². The van der Waals surface area contributed by atoms with Crippen molar-refractivity contribution in [2.75, 3.05) is 0 Å². The Balaban J connectivity index is 2.07. The molecule has 68 valence electrons. The zero-order valence-corrected chi connectivity index (χ0v) is 8.03. The Morgan fingerprint density at radius 2 is 2.29 bits per heavy atom. The summed E-state index contributed by atoms with van der Waals surface area (Å²) in [7, 11) is 0. The summed E-state index contributed by atoms with van der Waals surface area (Å²) in [5.74, 6) is 0. The van der Waals surface area contributed by atoms with Gasteiger partial charge < -0.3 is 0 Å². The van der Waals surface area contributed by atoms with Crippen molar-refractivity contribution < 1.29 is 0 Å². The van der Waals surface area contributed by atoms with Crippen LogP contribution < -0.4 is 0 Å². The van der Waals surface area contributed by atoms with Gasteiger partial charge >= 0.3 is 0 Å². The molecule has 0 aromatic heterocycles. The highest BCUT2D eigenvalue weighted by atomic mass is 14.2. The molecule has 2 rings (SSSR count). The maximum absolute atomic E-state index is 8.65.